The van der Waals surface area contributed by atoms with Gasteiger partial charge in [0, 0.05) is 8.95 Å². The number of amides is 4. The van der Waals surface area contributed by atoms with Crippen LogP contribution in [-0.4, -0.2) is 36.0 Å². The lowest BCUT2D eigenvalue weighted by molar-refractivity contribution is -0.122. The fourth-order valence-corrected chi connectivity index (χ4v) is 4.34. The van der Waals surface area contributed by atoms with E-state index in [-0.39, 0.29) is 17.7 Å². The van der Waals surface area contributed by atoms with Crippen LogP contribution >= 0.6 is 31.9 Å². The molecule has 0 unspecified atom stereocenters. The molecule has 194 valence electrons. The number of hydrogen-bond donors (Lipinski definition) is 2. The Kier molecular flexibility index (Phi) is 7.98. The quantitative estimate of drug-likeness (QED) is 0.259. The van der Waals surface area contributed by atoms with Gasteiger partial charge in [-0.25, -0.2) is 14.5 Å². The van der Waals surface area contributed by atoms with Gasteiger partial charge in [0.1, 0.15) is 12.2 Å². The van der Waals surface area contributed by atoms with Gasteiger partial charge in [-0.2, -0.15) is 0 Å². The van der Waals surface area contributed by atoms with Gasteiger partial charge in [-0.3, -0.25) is 14.9 Å². The Morgan fingerprint density at radius 1 is 1.00 bits per heavy atom. The van der Waals surface area contributed by atoms with E-state index in [1.807, 2.05) is 6.92 Å². The van der Waals surface area contributed by atoms with Crippen LogP contribution in [0.15, 0.2) is 69.1 Å². The van der Waals surface area contributed by atoms with Crippen molar-refractivity contribution >= 4 is 67.4 Å². The first-order valence-electron chi connectivity index (χ1n) is 11.1. The van der Waals surface area contributed by atoms with Crippen molar-refractivity contribution in [2.24, 2.45) is 0 Å². The van der Waals surface area contributed by atoms with E-state index in [1.165, 1.54) is 25.3 Å². The fraction of sp³-hybridized carbons (Fsp3) is 0.111. The normalized spacial score (nSPS) is 14.5. The number of carbonyl (C=O) groups excluding carboxylic acids is 3. The van der Waals surface area contributed by atoms with Gasteiger partial charge < -0.3 is 14.6 Å². The van der Waals surface area contributed by atoms with Crippen LogP contribution in [0, 0.1) is 6.92 Å². The molecule has 1 fully saturated rings. The predicted molar refractivity (Wildman–Crippen MR) is 146 cm³/mol. The summed E-state index contributed by atoms with van der Waals surface area (Å²) in [6, 6.07) is 13.6. The molecule has 1 saturated heterocycles. The molecule has 11 heteroatoms. The van der Waals surface area contributed by atoms with E-state index in [1.54, 1.807) is 42.5 Å². The Bertz CT molecular complexity index is 1500. The number of carboxylic acid groups (broad SMARTS) is 1. The standard InChI is InChI=1S/C27H20Br2N2O7/c1-14-9-18(7-8-20(14)28)31-25(33)19(24(32)30-27(31)36)10-17-11-22(37-2)23(12-21(17)29)38-13-15-3-5-16(6-4-15)26(34)35/h3-12H,13H2,1-2H3,(H,34,35)(H,30,32,36)/b19-10+. The third kappa shape index (κ3) is 5.63. The smallest absolute Gasteiger partial charge is 0.335 e. The SMILES string of the molecule is COc1cc(/C=C2\C(=O)NC(=O)N(c3ccc(Br)c(C)c3)C2=O)c(Br)cc1OCc1ccc(C(=O)O)cc1. The van der Waals surface area contributed by atoms with E-state index >= 15 is 0 Å². The molecule has 0 saturated carbocycles. The number of benzene rings is 3. The molecule has 38 heavy (non-hydrogen) atoms. The van der Waals surface area contributed by atoms with Crippen LogP contribution in [0.3, 0.4) is 0 Å². The predicted octanol–water partition coefficient (Wildman–Crippen LogP) is 5.47. The summed E-state index contributed by atoms with van der Waals surface area (Å²) in [4.78, 5) is 50.3. The number of halogens is 2. The van der Waals surface area contributed by atoms with Crippen LogP contribution in [-0.2, 0) is 16.2 Å². The van der Waals surface area contributed by atoms with Crippen LogP contribution in [0.4, 0.5) is 10.5 Å². The maximum absolute atomic E-state index is 13.3. The van der Waals surface area contributed by atoms with Crippen molar-refractivity contribution in [1.29, 1.82) is 0 Å². The number of carboxylic acids is 1. The van der Waals surface area contributed by atoms with Crippen molar-refractivity contribution in [3.05, 3.63) is 91.4 Å². The topological polar surface area (TPSA) is 122 Å². The monoisotopic (exact) mass is 642 g/mol. The highest BCUT2D eigenvalue weighted by molar-refractivity contribution is 9.10. The molecular formula is C27H20Br2N2O7. The number of hydrogen-bond acceptors (Lipinski definition) is 6. The lowest BCUT2D eigenvalue weighted by Gasteiger charge is -2.27. The van der Waals surface area contributed by atoms with Crippen molar-refractivity contribution in [2.45, 2.75) is 13.5 Å². The number of nitrogens with zero attached hydrogens (tertiary/aromatic N) is 1. The van der Waals surface area contributed by atoms with Gasteiger partial charge in [-0.15, -0.1) is 0 Å². The summed E-state index contributed by atoms with van der Waals surface area (Å²) in [5.41, 5.74) is 2.26. The Morgan fingerprint density at radius 2 is 1.71 bits per heavy atom. The number of imide groups is 2. The zero-order valence-corrected chi connectivity index (χ0v) is 23.3. The highest BCUT2D eigenvalue weighted by Gasteiger charge is 2.37. The number of barbiturate groups is 1. The molecule has 1 aliphatic heterocycles. The van der Waals surface area contributed by atoms with Crippen molar-refractivity contribution < 1.29 is 33.8 Å². The molecule has 1 heterocycles. The van der Waals surface area contributed by atoms with Gasteiger partial charge in [0.05, 0.1) is 18.4 Å². The molecule has 3 aromatic carbocycles. The molecule has 4 rings (SSSR count). The molecule has 0 spiro atoms. The van der Waals surface area contributed by atoms with Crippen molar-refractivity contribution in [1.82, 2.24) is 5.32 Å². The number of anilines is 1. The first-order valence-corrected chi connectivity index (χ1v) is 12.7. The second kappa shape index (κ2) is 11.2. The maximum atomic E-state index is 13.3. The van der Waals surface area contributed by atoms with Crippen molar-refractivity contribution in [2.75, 3.05) is 12.0 Å². The van der Waals surface area contributed by atoms with E-state index in [0.29, 0.717) is 27.2 Å². The molecule has 0 aromatic heterocycles. The van der Waals surface area contributed by atoms with E-state index in [0.717, 1.165) is 20.5 Å². The molecule has 3 aromatic rings. The van der Waals surface area contributed by atoms with E-state index in [2.05, 4.69) is 37.2 Å². The lowest BCUT2D eigenvalue weighted by Crippen LogP contribution is -2.54. The Balaban J connectivity index is 1.61. The summed E-state index contributed by atoms with van der Waals surface area (Å²) >= 11 is 6.83. The Morgan fingerprint density at radius 3 is 2.34 bits per heavy atom. The number of nitrogens with one attached hydrogen (secondary N) is 1. The zero-order chi connectivity index (χ0) is 27.6. The molecule has 9 nitrogen and oxygen atoms in total. The number of ether oxygens (including phenoxy) is 2. The maximum Gasteiger partial charge on any atom is 0.335 e. The molecule has 2 N–H and O–H groups in total. The van der Waals surface area contributed by atoms with Crippen LogP contribution in [0.1, 0.15) is 27.0 Å². The third-order valence-corrected chi connectivity index (χ3v) is 7.26. The van der Waals surface area contributed by atoms with E-state index < -0.39 is 23.8 Å². The van der Waals surface area contributed by atoms with Gasteiger partial charge in [-0.1, -0.05) is 44.0 Å². The number of carbonyl (C=O) groups is 4. The summed E-state index contributed by atoms with van der Waals surface area (Å²) in [6.07, 6.45) is 1.36. The molecule has 0 radical (unpaired) electrons. The average molecular weight is 644 g/mol. The number of aryl methyl sites for hydroxylation is 1. The van der Waals surface area contributed by atoms with Crippen LogP contribution in [0.2, 0.25) is 0 Å². The van der Waals surface area contributed by atoms with E-state index in [9.17, 15) is 19.2 Å². The van der Waals surface area contributed by atoms with Crippen LogP contribution in [0.5, 0.6) is 11.5 Å². The first-order chi connectivity index (χ1) is 18.1. The minimum Gasteiger partial charge on any atom is -0.493 e. The Labute approximate surface area is 234 Å². The largest absolute Gasteiger partial charge is 0.493 e. The fourth-order valence-electron chi connectivity index (χ4n) is 3.65. The zero-order valence-electron chi connectivity index (χ0n) is 20.1. The number of methoxy groups -OCH3 is 1. The summed E-state index contributed by atoms with van der Waals surface area (Å²) in [5.74, 6) is -1.89. The van der Waals surface area contributed by atoms with Crippen LogP contribution < -0.4 is 19.7 Å². The van der Waals surface area contributed by atoms with Gasteiger partial charge in [0.2, 0.25) is 0 Å². The molecule has 0 aliphatic carbocycles. The summed E-state index contributed by atoms with van der Waals surface area (Å²) in [7, 11) is 1.45. The van der Waals surface area contributed by atoms with Gasteiger partial charge in [0.15, 0.2) is 11.5 Å². The minimum atomic E-state index is -1.02. The van der Waals surface area contributed by atoms with Crippen molar-refractivity contribution in [3.63, 3.8) is 0 Å². The van der Waals surface area contributed by atoms with Crippen LogP contribution in [0.25, 0.3) is 6.08 Å². The second-order valence-corrected chi connectivity index (χ2v) is 9.92. The van der Waals surface area contributed by atoms with Gasteiger partial charge >= 0.3 is 12.0 Å². The minimum absolute atomic E-state index is 0.147. The number of urea groups is 1. The van der Waals surface area contributed by atoms with Gasteiger partial charge in [-0.05, 0) is 72.2 Å². The lowest BCUT2D eigenvalue weighted by atomic mass is 10.1. The number of rotatable bonds is 7. The molecule has 1 aliphatic rings. The molecule has 4 amide bonds. The van der Waals surface area contributed by atoms with Gasteiger partial charge in [0.25, 0.3) is 11.8 Å². The molecule has 0 atom stereocenters. The molecule has 0 bridgehead atoms. The third-order valence-electron chi connectivity index (χ3n) is 5.68. The summed E-state index contributed by atoms with van der Waals surface area (Å²) in [5, 5.41) is 11.3. The Hall–Kier alpha value is -3.96. The average Bonchev–Trinajstić information content (AvgIpc) is 2.88. The van der Waals surface area contributed by atoms with Crippen molar-refractivity contribution in [3.8, 4) is 11.5 Å². The van der Waals surface area contributed by atoms with E-state index in [4.69, 9.17) is 14.6 Å². The molecular weight excluding hydrogens is 624 g/mol. The summed E-state index contributed by atoms with van der Waals surface area (Å²) < 4.78 is 12.6. The highest BCUT2D eigenvalue weighted by atomic mass is 79.9. The second-order valence-electron chi connectivity index (χ2n) is 8.21. The first kappa shape index (κ1) is 27.1. The highest BCUT2D eigenvalue weighted by Crippen LogP contribution is 2.36. The summed E-state index contributed by atoms with van der Waals surface area (Å²) in [6.45, 7) is 1.97. The number of aromatic carboxylic acids is 1.